The fourth-order valence-corrected chi connectivity index (χ4v) is 2.84. The largest absolute Gasteiger partial charge is 0.388 e. The van der Waals surface area contributed by atoms with Gasteiger partial charge in [-0.05, 0) is 27.7 Å². The van der Waals surface area contributed by atoms with Crippen LogP contribution >= 0.6 is 0 Å². The second kappa shape index (κ2) is 3.65. The quantitative estimate of drug-likeness (QED) is 0.735. The van der Waals surface area contributed by atoms with Crippen LogP contribution in [0, 0.1) is 0 Å². The minimum atomic E-state index is -1.07. The van der Waals surface area contributed by atoms with Crippen molar-refractivity contribution >= 4 is 0 Å². The predicted octanol–water partition coefficient (Wildman–Crippen LogP) is 0.377. The summed E-state index contributed by atoms with van der Waals surface area (Å²) < 4.78 is 28.7. The molecule has 3 heterocycles. The van der Waals surface area contributed by atoms with Crippen LogP contribution in [0.1, 0.15) is 27.7 Å². The molecular weight excluding hydrogens is 240 g/mol. The van der Waals surface area contributed by atoms with Crippen molar-refractivity contribution in [2.75, 3.05) is 13.2 Å². The molecule has 1 N–H and O–H groups in total. The molecule has 3 saturated heterocycles. The van der Waals surface area contributed by atoms with Crippen LogP contribution in [-0.2, 0) is 23.7 Å². The standard InChI is InChI=1S/C12H20O6/c1-10(2)14-6-8(16-10)12-9(7(13)5-15-12)17-11(3,4)18-12/h7-9,13H,5-6H2,1-4H3/t7-,8-,9+,12+/m0/s1. The van der Waals surface area contributed by atoms with Gasteiger partial charge in [-0.25, -0.2) is 0 Å². The van der Waals surface area contributed by atoms with E-state index in [0.717, 1.165) is 0 Å². The first-order valence-corrected chi connectivity index (χ1v) is 6.26. The molecular formula is C12H20O6. The fraction of sp³-hybridized carbons (Fsp3) is 1.00. The van der Waals surface area contributed by atoms with Gasteiger partial charge in [0, 0.05) is 0 Å². The molecule has 0 amide bonds. The van der Waals surface area contributed by atoms with E-state index in [1.165, 1.54) is 0 Å². The highest BCUT2D eigenvalue weighted by Crippen LogP contribution is 2.48. The Balaban J connectivity index is 1.88. The molecule has 0 bridgehead atoms. The monoisotopic (exact) mass is 260 g/mol. The summed E-state index contributed by atoms with van der Waals surface area (Å²) in [5.74, 6) is -2.55. The number of ether oxygens (including phenoxy) is 5. The number of aliphatic hydroxyl groups excluding tert-OH is 1. The average Bonchev–Trinajstić information content (AvgIpc) is 2.81. The molecule has 0 unspecified atom stereocenters. The van der Waals surface area contributed by atoms with Gasteiger partial charge in [-0.1, -0.05) is 0 Å². The van der Waals surface area contributed by atoms with E-state index in [1.807, 2.05) is 13.8 Å². The molecule has 0 aromatic heterocycles. The van der Waals surface area contributed by atoms with E-state index in [0.29, 0.717) is 6.61 Å². The Bertz CT molecular complexity index is 354. The van der Waals surface area contributed by atoms with Crippen molar-refractivity contribution < 1.29 is 28.8 Å². The van der Waals surface area contributed by atoms with Crippen LogP contribution in [0.25, 0.3) is 0 Å². The van der Waals surface area contributed by atoms with Crippen molar-refractivity contribution in [3.63, 3.8) is 0 Å². The van der Waals surface area contributed by atoms with Gasteiger partial charge < -0.3 is 28.8 Å². The SMILES string of the molecule is CC1(C)OC[C@@H]([C@]23OC[C@H](O)[C@H]2OC(C)(C)O3)O1. The highest BCUT2D eigenvalue weighted by atomic mass is 16.9. The fourth-order valence-electron chi connectivity index (χ4n) is 2.84. The van der Waals surface area contributed by atoms with Gasteiger partial charge in [0.15, 0.2) is 11.6 Å². The Morgan fingerprint density at radius 1 is 0.944 bits per heavy atom. The molecule has 0 aliphatic carbocycles. The third kappa shape index (κ3) is 1.79. The maximum Gasteiger partial charge on any atom is 0.229 e. The zero-order chi connectivity index (χ0) is 13.2. The molecule has 6 nitrogen and oxygen atoms in total. The van der Waals surface area contributed by atoms with E-state index in [9.17, 15) is 5.11 Å². The smallest absolute Gasteiger partial charge is 0.229 e. The number of hydrogen-bond donors (Lipinski definition) is 1. The van der Waals surface area contributed by atoms with E-state index in [4.69, 9.17) is 23.7 Å². The summed E-state index contributed by atoms with van der Waals surface area (Å²) in [4.78, 5) is 0. The molecule has 0 aromatic carbocycles. The van der Waals surface area contributed by atoms with Crippen LogP contribution in [-0.4, -0.2) is 54.0 Å². The third-order valence-electron chi connectivity index (χ3n) is 3.50. The number of aliphatic hydroxyl groups is 1. The molecule has 3 fully saturated rings. The maximum atomic E-state index is 9.96. The Morgan fingerprint density at radius 2 is 1.67 bits per heavy atom. The van der Waals surface area contributed by atoms with Crippen LogP contribution in [0.15, 0.2) is 0 Å². The molecule has 6 heteroatoms. The topological polar surface area (TPSA) is 66.4 Å². The summed E-state index contributed by atoms with van der Waals surface area (Å²) in [6.45, 7) is 7.81. The van der Waals surface area contributed by atoms with Gasteiger partial charge in [-0.2, -0.15) is 0 Å². The van der Waals surface area contributed by atoms with E-state index in [-0.39, 0.29) is 6.61 Å². The molecule has 3 aliphatic rings. The number of rotatable bonds is 1. The summed E-state index contributed by atoms with van der Waals surface area (Å²) in [6.07, 6.45) is -1.66. The maximum absolute atomic E-state index is 9.96. The minimum Gasteiger partial charge on any atom is -0.388 e. The van der Waals surface area contributed by atoms with Crippen LogP contribution < -0.4 is 0 Å². The van der Waals surface area contributed by atoms with Gasteiger partial charge in [0.05, 0.1) is 13.2 Å². The summed E-state index contributed by atoms with van der Waals surface area (Å²) in [6, 6.07) is 0. The number of fused-ring (bicyclic) bond motifs is 1. The van der Waals surface area contributed by atoms with Crippen LogP contribution in [0.4, 0.5) is 0 Å². The zero-order valence-corrected chi connectivity index (χ0v) is 11.1. The summed E-state index contributed by atoms with van der Waals surface area (Å²) in [5, 5.41) is 9.96. The van der Waals surface area contributed by atoms with E-state index >= 15 is 0 Å². The van der Waals surface area contributed by atoms with E-state index in [1.54, 1.807) is 13.8 Å². The molecule has 0 spiro atoms. The lowest BCUT2D eigenvalue weighted by atomic mass is 10.0. The minimum absolute atomic E-state index is 0.182. The van der Waals surface area contributed by atoms with Crippen molar-refractivity contribution in [1.29, 1.82) is 0 Å². The van der Waals surface area contributed by atoms with Gasteiger partial charge in [-0.3, -0.25) is 0 Å². The normalized spacial score (nSPS) is 49.5. The van der Waals surface area contributed by atoms with E-state index < -0.39 is 35.7 Å². The van der Waals surface area contributed by atoms with Gasteiger partial charge in [-0.15, -0.1) is 0 Å². The molecule has 18 heavy (non-hydrogen) atoms. The van der Waals surface area contributed by atoms with Crippen LogP contribution in [0.5, 0.6) is 0 Å². The lowest BCUT2D eigenvalue weighted by molar-refractivity contribution is -0.290. The molecule has 0 aromatic rings. The third-order valence-corrected chi connectivity index (χ3v) is 3.50. The Morgan fingerprint density at radius 3 is 2.28 bits per heavy atom. The molecule has 0 saturated carbocycles. The van der Waals surface area contributed by atoms with Crippen molar-refractivity contribution in [2.24, 2.45) is 0 Å². The van der Waals surface area contributed by atoms with Gasteiger partial charge >= 0.3 is 0 Å². The molecule has 4 atom stereocenters. The lowest BCUT2D eigenvalue weighted by Crippen LogP contribution is -2.52. The Labute approximate surface area is 106 Å². The van der Waals surface area contributed by atoms with Gasteiger partial charge in [0.1, 0.15) is 18.3 Å². The highest BCUT2D eigenvalue weighted by Gasteiger charge is 2.67. The summed E-state index contributed by atoms with van der Waals surface area (Å²) in [5.41, 5.74) is 0. The summed E-state index contributed by atoms with van der Waals surface area (Å²) >= 11 is 0. The second-order valence-electron chi connectivity index (χ2n) is 5.96. The van der Waals surface area contributed by atoms with Crippen LogP contribution in [0.3, 0.4) is 0 Å². The van der Waals surface area contributed by atoms with Crippen molar-refractivity contribution in [1.82, 2.24) is 0 Å². The van der Waals surface area contributed by atoms with E-state index in [2.05, 4.69) is 0 Å². The van der Waals surface area contributed by atoms with Gasteiger partial charge in [0.25, 0.3) is 0 Å². The van der Waals surface area contributed by atoms with Crippen molar-refractivity contribution in [2.45, 2.75) is 63.4 Å². The van der Waals surface area contributed by atoms with Crippen molar-refractivity contribution in [3.8, 4) is 0 Å². The first kappa shape index (κ1) is 12.8. The van der Waals surface area contributed by atoms with Gasteiger partial charge in [0.2, 0.25) is 5.79 Å². The molecule has 3 aliphatic heterocycles. The number of hydrogen-bond acceptors (Lipinski definition) is 6. The lowest BCUT2D eigenvalue weighted by Gasteiger charge is -2.32. The second-order valence-corrected chi connectivity index (χ2v) is 5.96. The Kier molecular flexibility index (Phi) is 2.59. The summed E-state index contributed by atoms with van der Waals surface area (Å²) in [7, 11) is 0. The van der Waals surface area contributed by atoms with Crippen molar-refractivity contribution in [3.05, 3.63) is 0 Å². The molecule has 0 radical (unpaired) electrons. The zero-order valence-electron chi connectivity index (χ0n) is 11.1. The molecule has 104 valence electrons. The first-order valence-electron chi connectivity index (χ1n) is 6.26. The Hall–Kier alpha value is -0.240. The first-order chi connectivity index (χ1) is 8.24. The van der Waals surface area contributed by atoms with Crippen LogP contribution in [0.2, 0.25) is 0 Å². The average molecular weight is 260 g/mol. The highest BCUT2D eigenvalue weighted by molar-refractivity contribution is 5.04. The predicted molar refractivity (Wildman–Crippen MR) is 59.6 cm³/mol. The molecule has 3 rings (SSSR count).